The largest absolute Gasteiger partial charge is 0.479 e. The monoisotopic (exact) mass is 406 g/mol. The molecule has 0 bridgehead atoms. The quantitative estimate of drug-likeness (QED) is 0.704. The van der Waals surface area contributed by atoms with Crippen LogP contribution < -0.4 is 15.4 Å². The fourth-order valence-electron chi connectivity index (χ4n) is 2.54. The zero-order chi connectivity index (χ0) is 19.6. The molecule has 0 aliphatic heterocycles. The van der Waals surface area contributed by atoms with Crippen LogP contribution in [0.5, 0.6) is 5.75 Å². The van der Waals surface area contributed by atoms with Gasteiger partial charge in [-0.1, -0.05) is 29.3 Å². The number of anilines is 2. The molecule has 1 aliphatic rings. The van der Waals surface area contributed by atoms with Crippen molar-refractivity contribution in [3.05, 3.63) is 52.0 Å². The molecule has 1 fully saturated rings. The standard InChI is InChI=1S/C20H20Cl2N2O3/c1-11-16(4-3-5-17(11)24-20(26)13-6-7-13)23-19(25)12(2)27-18-9-8-14(21)10-15(18)22/h3-5,8-10,12-13H,6-7H2,1-2H3,(H,23,25)(H,24,26). The molecule has 3 rings (SSSR count). The van der Waals surface area contributed by atoms with Gasteiger partial charge in [0, 0.05) is 22.3 Å². The predicted octanol–water partition coefficient (Wildman–Crippen LogP) is 5.06. The highest BCUT2D eigenvalue weighted by Crippen LogP contribution is 2.32. The lowest BCUT2D eigenvalue weighted by molar-refractivity contribution is -0.122. The summed E-state index contributed by atoms with van der Waals surface area (Å²) in [5.41, 5.74) is 2.10. The Morgan fingerprint density at radius 1 is 1.11 bits per heavy atom. The summed E-state index contributed by atoms with van der Waals surface area (Å²) in [7, 11) is 0. The normalized spacial score (nSPS) is 14.4. The van der Waals surface area contributed by atoms with E-state index in [4.69, 9.17) is 27.9 Å². The molecule has 0 saturated heterocycles. The van der Waals surface area contributed by atoms with Crippen LogP contribution in [0.1, 0.15) is 25.3 Å². The Bertz CT molecular complexity index is 882. The third-order valence-electron chi connectivity index (χ3n) is 4.36. The number of ether oxygens (including phenoxy) is 1. The molecule has 1 atom stereocenters. The molecule has 2 N–H and O–H groups in total. The van der Waals surface area contributed by atoms with Crippen molar-refractivity contribution >= 4 is 46.4 Å². The maximum Gasteiger partial charge on any atom is 0.265 e. The predicted molar refractivity (Wildman–Crippen MR) is 108 cm³/mol. The van der Waals surface area contributed by atoms with Gasteiger partial charge in [0.05, 0.1) is 5.02 Å². The lowest BCUT2D eigenvalue weighted by atomic mass is 10.1. The summed E-state index contributed by atoms with van der Waals surface area (Å²) < 4.78 is 5.64. The van der Waals surface area contributed by atoms with Crippen LogP contribution in [0.2, 0.25) is 10.0 Å². The van der Waals surface area contributed by atoms with Gasteiger partial charge in [-0.3, -0.25) is 9.59 Å². The second kappa shape index (κ2) is 8.19. The minimum Gasteiger partial charge on any atom is -0.479 e. The molecular weight excluding hydrogens is 387 g/mol. The average molecular weight is 407 g/mol. The van der Waals surface area contributed by atoms with Crippen LogP contribution in [0.15, 0.2) is 36.4 Å². The first-order valence-corrected chi connectivity index (χ1v) is 9.44. The molecule has 0 heterocycles. The second-order valence-electron chi connectivity index (χ2n) is 6.57. The lowest BCUT2D eigenvalue weighted by Crippen LogP contribution is -2.30. The molecule has 0 spiro atoms. The lowest BCUT2D eigenvalue weighted by Gasteiger charge is -2.18. The molecule has 2 amide bonds. The van der Waals surface area contributed by atoms with E-state index in [2.05, 4.69) is 10.6 Å². The second-order valence-corrected chi connectivity index (χ2v) is 7.41. The average Bonchev–Trinajstić information content (AvgIpc) is 3.46. The first kappa shape index (κ1) is 19.5. The van der Waals surface area contributed by atoms with Crippen LogP contribution in [0, 0.1) is 12.8 Å². The van der Waals surface area contributed by atoms with E-state index < -0.39 is 6.10 Å². The van der Waals surface area contributed by atoms with E-state index in [0.29, 0.717) is 27.2 Å². The highest BCUT2D eigenvalue weighted by atomic mass is 35.5. The molecule has 1 unspecified atom stereocenters. The molecule has 2 aromatic carbocycles. The fraction of sp³-hybridized carbons (Fsp3) is 0.300. The molecular formula is C20H20Cl2N2O3. The van der Waals surface area contributed by atoms with Crippen molar-refractivity contribution in [3.8, 4) is 5.75 Å². The third kappa shape index (κ3) is 4.93. The molecule has 1 saturated carbocycles. The number of nitrogens with one attached hydrogen (secondary N) is 2. The molecule has 1 aliphatic carbocycles. The van der Waals surface area contributed by atoms with Crippen molar-refractivity contribution in [2.24, 2.45) is 5.92 Å². The Balaban J connectivity index is 1.66. The fourth-order valence-corrected chi connectivity index (χ4v) is 2.99. The van der Waals surface area contributed by atoms with E-state index >= 15 is 0 Å². The number of hydrogen-bond acceptors (Lipinski definition) is 3. The zero-order valence-corrected chi connectivity index (χ0v) is 16.5. The Kier molecular flexibility index (Phi) is 5.92. The number of carbonyl (C=O) groups excluding carboxylic acids is 2. The van der Waals surface area contributed by atoms with Crippen LogP contribution in [0.25, 0.3) is 0 Å². The topological polar surface area (TPSA) is 67.4 Å². The van der Waals surface area contributed by atoms with E-state index in [1.807, 2.05) is 13.0 Å². The Hall–Kier alpha value is -2.24. The number of rotatable bonds is 6. The number of carbonyl (C=O) groups is 2. The van der Waals surface area contributed by atoms with Crippen molar-refractivity contribution in [1.82, 2.24) is 0 Å². The molecule has 2 aromatic rings. The highest BCUT2D eigenvalue weighted by molar-refractivity contribution is 6.35. The minimum absolute atomic E-state index is 0.0238. The number of halogens is 2. The van der Waals surface area contributed by atoms with Gasteiger partial charge in [-0.25, -0.2) is 0 Å². The molecule has 27 heavy (non-hydrogen) atoms. The Morgan fingerprint density at radius 3 is 2.41 bits per heavy atom. The summed E-state index contributed by atoms with van der Waals surface area (Å²) in [5.74, 6) is 0.191. The van der Waals surface area contributed by atoms with E-state index in [-0.39, 0.29) is 17.7 Å². The first-order chi connectivity index (χ1) is 12.8. The van der Waals surface area contributed by atoms with Crippen LogP contribution in [-0.2, 0) is 9.59 Å². The van der Waals surface area contributed by atoms with Crippen molar-refractivity contribution in [1.29, 1.82) is 0 Å². The third-order valence-corrected chi connectivity index (χ3v) is 4.90. The van der Waals surface area contributed by atoms with Gasteiger partial charge in [-0.2, -0.15) is 0 Å². The van der Waals surface area contributed by atoms with Gasteiger partial charge in [-0.15, -0.1) is 0 Å². The molecule has 0 aromatic heterocycles. The molecule has 7 heteroatoms. The minimum atomic E-state index is -0.771. The Morgan fingerprint density at radius 2 is 1.78 bits per heavy atom. The van der Waals surface area contributed by atoms with Gasteiger partial charge in [0.15, 0.2) is 6.10 Å². The molecule has 5 nitrogen and oxygen atoms in total. The van der Waals surface area contributed by atoms with E-state index in [1.165, 1.54) is 0 Å². The number of amides is 2. The summed E-state index contributed by atoms with van der Waals surface area (Å²) in [6.07, 6.45) is 1.10. The first-order valence-electron chi connectivity index (χ1n) is 8.68. The van der Waals surface area contributed by atoms with Gasteiger partial charge in [-0.05, 0) is 62.6 Å². The van der Waals surface area contributed by atoms with Gasteiger partial charge in [0.25, 0.3) is 5.91 Å². The summed E-state index contributed by atoms with van der Waals surface area (Å²) in [6.45, 7) is 3.48. The van der Waals surface area contributed by atoms with Gasteiger partial charge in [0.2, 0.25) is 5.91 Å². The molecule has 142 valence electrons. The summed E-state index contributed by atoms with van der Waals surface area (Å²) in [5, 5.41) is 6.58. The summed E-state index contributed by atoms with van der Waals surface area (Å²) in [6, 6.07) is 10.2. The SMILES string of the molecule is Cc1c(NC(=O)C2CC2)cccc1NC(=O)C(C)Oc1ccc(Cl)cc1Cl. The smallest absolute Gasteiger partial charge is 0.265 e. The van der Waals surface area contributed by atoms with Gasteiger partial charge >= 0.3 is 0 Å². The Labute approximate surface area is 168 Å². The van der Waals surface area contributed by atoms with Crippen LogP contribution in [0.4, 0.5) is 11.4 Å². The van der Waals surface area contributed by atoms with E-state index in [0.717, 1.165) is 18.4 Å². The van der Waals surface area contributed by atoms with Crippen molar-refractivity contribution < 1.29 is 14.3 Å². The number of benzene rings is 2. The highest BCUT2D eigenvalue weighted by Gasteiger charge is 2.30. The summed E-state index contributed by atoms with van der Waals surface area (Å²) in [4.78, 5) is 24.5. The van der Waals surface area contributed by atoms with Crippen LogP contribution >= 0.6 is 23.2 Å². The number of hydrogen-bond donors (Lipinski definition) is 2. The maximum atomic E-state index is 12.5. The molecule has 0 radical (unpaired) electrons. The van der Waals surface area contributed by atoms with E-state index in [1.54, 1.807) is 37.3 Å². The van der Waals surface area contributed by atoms with Crippen LogP contribution in [0.3, 0.4) is 0 Å². The van der Waals surface area contributed by atoms with Gasteiger partial charge in [0.1, 0.15) is 5.75 Å². The van der Waals surface area contributed by atoms with Crippen molar-refractivity contribution in [2.75, 3.05) is 10.6 Å². The maximum absolute atomic E-state index is 12.5. The van der Waals surface area contributed by atoms with Crippen LogP contribution in [-0.4, -0.2) is 17.9 Å². The van der Waals surface area contributed by atoms with Gasteiger partial charge < -0.3 is 15.4 Å². The van der Waals surface area contributed by atoms with Crippen molar-refractivity contribution in [3.63, 3.8) is 0 Å². The van der Waals surface area contributed by atoms with E-state index in [9.17, 15) is 9.59 Å². The van der Waals surface area contributed by atoms with Crippen molar-refractivity contribution in [2.45, 2.75) is 32.8 Å². The zero-order valence-electron chi connectivity index (χ0n) is 15.0. The summed E-state index contributed by atoms with van der Waals surface area (Å²) >= 11 is 11.9.